The van der Waals surface area contributed by atoms with E-state index in [1.54, 1.807) is 0 Å². The number of aromatic nitrogens is 2. The van der Waals surface area contributed by atoms with Crippen LogP contribution >= 0.6 is 0 Å². The minimum absolute atomic E-state index is 0.133. The summed E-state index contributed by atoms with van der Waals surface area (Å²) in [5.74, 6) is 1.17. The molecule has 2 N–H and O–H groups in total. The zero-order valence-electron chi connectivity index (χ0n) is 17.4. The molecule has 4 rings (SSSR count). The molecular formula is C23H32N4O. The Morgan fingerprint density at radius 1 is 0.857 bits per heavy atom. The lowest BCUT2D eigenvalue weighted by Gasteiger charge is -2.21. The molecule has 0 aliphatic carbocycles. The highest BCUT2D eigenvalue weighted by Crippen LogP contribution is 2.37. The van der Waals surface area contributed by atoms with Crippen LogP contribution in [0.4, 0.5) is 0 Å². The second-order valence-electron chi connectivity index (χ2n) is 8.76. The smallest absolute Gasteiger partial charge is 0.136 e. The van der Waals surface area contributed by atoms with E-state index in [9.17, 15) is 0 Å². The molecule has 2 aliphatic rings. The Hall–Kier alpha value is -1.82. The van der Waals surface area contributed by atoms with Crippen molar-refractivity contribution >= 4 is 0 Å². The molecule has 0 aromatic carbocycles. The van der Waals surface area contributed by atoms with Crippen molar-refractivity contribution in [3.63, 3.8) is 0 Å². The van der Waals surface area contributed by atoms with Gasteiger partial charge in [0.1, 0.15) is 6.23 Å². The molecule has 0 saturated carbocycles. The van der Waals surface area contributed by atoms with Crippen LogP contribution in [-0.2, 0) is 4.74 Å². The highest BCUT2D eigenvalue weighted by molar-refractivity contribution is 5.64. The summed E-state index contributed by atoms with van der Waals surface area (Å²) in [6.07, 6.45) is 5.93. The van der Waals surface area contributed by atoms with Crippen LogP contribution in [0.1, 0.15) is 63.9 Å². The second-order valence-corrected chi connectivity index (χ2v) is 8.76. The van der Waals surface area contributed by atoms with Crippen LogP contribution in [0.5, 0.6) is 0 Å². The third-order valence-corrected chi connectivity index (χ3v) is 6.16. The minimum atomic E-state index is -0.133. The maximum absolute atomic E-state index is 6.09. The molecular weight excluding hydrogens is 348 g/mol. The van der Waals surface area contributed by atoms with E-state index in [2.05, 4.69) is 50.5 Å². The first kappa shape index (κ1) is 19.5. The molecule has 4 unspecified atom stereocenters. The number of hydrogen-bond acceptors (Lipinski definition) is 5. The number of hydrogen-bond donors (Lipinski definition) is 2. The lowest BCUT2D eigenvalue weighted by Crippen LogP contribution is -2.31. The van der Waals surface area contributed by atoms with Crippen LogP contribution < -0.4 is 10.6 Å². The van der Waals surface area contributed by atoms with Crippen molar-refractivity contribution in [1.82, 2.24) is 20.6 Å². The number of nitrogens with zero attached hydrogens (tertiary/aromatic N) is 2. The first-order chi connectivity index (χ1) is 13.5. The fourth-order valence-electron chi connectivity index (χ4n) is 4.32. The van der Waals surface area contributed by atoms with E-state index in [0.29, 0.717) is 30.0 Å². The van der Waals surface area contributed by atoms with Gasteiger partial charge in [-0.3, -0.25) is 15.3 Å². The van der Waals surface area contributed by atoms with E-state index in [1.807, 2.05) is 24.5 Å². The molecule has 5 nitrogen and oxygen atoms in total. The van der Waals surface area contributed by atoms with Crippen LogP contribution in [-0.4, -0.2) is 28.7 Å². The second kappa shape index (κ2) is 8.27. The van der Waals surface area contributed by atoms with Crippen LogP contribution in [0, 0.1) is 11.8 Å². The zero-order valence-corrected chi connectivity index (χ0v) is 17.4. The number of pyridine rings is 2. The van der Waals surface area contributed by atoms with Gasteiger partial charge in [-0.15, -0.1) is 0 Å². The summed E-state index contributed by atoms with van der Waals surface area (Å²) in [7, 11) is 0. The van der Waals surface area contributed by atoms with E-state index < -0.39 is 0 Å². The Balaban J connectivity index is 1.66. The lowest BCUT2D eigenvalue weighted by atomic mass is 9.98. The van der Waals surface area contributed by atoms with Crippen molar-refractivity contribution in [2.24, 2.45) is 11.8 Å². The molecule has 0 amide bonds. The lowest BCUT2D eigenvalue weighted by molar-refractivity contribution is 0.100. The summed E-state index contributed by atoms with van der Waals surface area (Å²) in [6, 6.07) is 9.58. The van der Waals surface area contributed by atoms with Gasteiger partial charge in [-0.25, -0.2) is 0 Å². The molecule has 2 fully saturated rings. The number of ether oxygens (including phenoxy) is 1. The Morgan fingerprint density at radius 2 is 1.50 bits per heavy atom. The van der Waals surface area contributed by atoms with Gasteiger partial charge in [0.2, 0.25) is 0 Å². The van der Waals surface area contributed by atoms with Gasteiger partial charge in [-0.2, -0.15) is 0 Å². The largest absolute Gasteiger partial charge is 0.357 e. The summed E-state index contributed by atoms with van der Waals surface area (Å²) >= 11 is 0. The van der Waals surface area contributed by atoms with Gasteiger partial charge < -0.3 is 10.1 Å². The number of rotatable bonds is 5. The molecule has 2 saturated heterocycles. The van der Waals surface area contributed by atoms with Crippen molar-refractivity contribution in [2.75, 3.05) is 6.61 Å². The Bertz CT molecular complexity index is 739. The quantitative estimate of drug-likeness (QED) is 0.813. The zero-order chi connectivity index (χ0) is 19.7. The van der Waals surface area contributed by atoms with Crippen molar-refractivity contribution < 1.29 is 4.74 Å². The van der Waals surface area contributed by atoms with Crippen LogP contribution in [0.2, 0.25) is 0 Å². The molecule has 0 bridgehead atoms. The molecule has 0 spiro atoms. The molecule has 0 radical (unpaired) electrons. The first-order valence-electron chi connectivity index (χ1n) is 10.6. The highest BCUT2D eigenvalue weighted by Gasteiger charge is 2.32. The van der Waals surface area contributed by atoms with Crippen molar-refractivity contribution in [1.29, 1.82) is 0 Å². The van der Waals surface area contributed by atoms with Crippen molar-refractivity contribution in [3.05, 3.63) is 47.8 Å². The third-order valence-electron chi connectivity index (χ3n) is 6.16. The van der Waals surface area contributed by atoms with Gasteiger partial charge in [0, 0.05) is 36.1 Å². The monoisotopic (exact) mass is 380 g/mol. The molecule has 150 valence electrons. The fraction of sp³-hybridized carbons (Fsp3) is 0.565. The molecule has 5 heteroatoms. The van der Waals surface area contributed by atoms with Gasteiger partial charge in [-0.05, 0) is 42.4 Å². The van der Waals surface area contributed by atoms with E-state index in [4.69, 9.17) is 14.7 Å². The summed E-state index contributed by atoms with van der Waals surface area (Å²) in [6.45, 7) is 9.75. The summed E-state index contributed by atoms with van der Waals surface area (Å²) < 4.78 is 6.09. The molecule has 28 heavy (non-hydrogen) atoms. The normalized spacial score (nSPS) is 27.8. The van der Waals surface area contributed by atoms with Crippen LogP contribution in [0.3, 0.4) is 0 Å². The number of nitrogens with one attached hydrogen (secondary N) is 2. The highest BCUT2D eigenvalue weighted by atomic mass is 16.5. The average molecular weight is 381 g/mol. The maximum Gasteiger partial charge on any atom is 0.136 e. The van der Waals surface area contributed by atoms with E-state index >= 15 is 0 Å². The Kier molecular flexibility index (Phi) is 5.76. The molecule has 4 heterocycles. The van der Waals surface area contributed by atoms with Crippen molar-refractivity contribution in [3.8, 4) is 11.4 Å². The van der Waals surface area contributed by atoms with E-state index in [-0.39, 0.29) is 6.23 Å². The molecule has 2 aliphatic heterocycles. The van der Waals surface area contributed by atoms with Crippen LogP contribution in [0.25, 0.3) is 11.4 Å². The third kappa shape index (κ3) is 3.84. The maximum atomic E-state index is 6.09. The Labute approximate surface area is 168 Å². The fourth-order valence-corrected chi connectivity index (χ4v) is 4.32. The SMILES string of the molecule is CC(C)C1CCC(c2cccnc2-c2ncccc2C2NC(C(C)C)CO2)N1. The van der Waals surface area contributed by atoms with Gasteiger partial charge in [0.25, 0.3) is 0 Å². The van der Waals surface area contributed by atoms with Crippen molar-refractivity contribution in [2.45, 2.75) is 64.9 Å². The minimum Gasteiger partial charge on any atom is -0.357 e. The van der Waals surface area contributed by atoms with Gasteiger partial charge in [0.05, 0.1) is 18.0 Å². The summed E-state index contributed by atoms with van der Waals surface area (Å²) in [5, 5.41) is 7.44. The molecule has 2 aromatic heterocycles. The predicted molar refractivity (Wildman–Crippen MR) is 112 cm³/mol. The molecule has 2 aromatic rings. The van der Waals surface area contributed by atoms with Crippen LogP contribution in [0.15, 0.2) is 36.7 Å². The van der Waals surface area contributed by atoms with Gasteiger partial charge >= 0.3 is 0 Å². The average Bonchev–Trinajstić information content (AvgIpc) is 3.38. The van der Waals surface area contributed by atoms with E-state index in [1.165, 1.54) is 12.0 Å². The van der Waals surface area contributed by atoms with Gasteiger partial charge in [0.15, 0.2) is 0 Å². The molecule has 4 atom stereocenters. The van der Waals surface area contributed by atoms with E-state index in [0.717, 1.165) is 30.0 Å². The summed E-state index contributed by atoms with van der Waals surface area (Å²) in [5.41, 5.74) is 4.21. The first-order valence-corrected chi connectivity index (χ1v) is 10.6. The Morgan fingerprint density at radius 3 is 2.11 bits per heavy atom. The predicted octanol–water partition coefficient (Wildman–Crippen LogP) is 4.24. The summed E-state index contributed by atoms with van der Waals surface area (Å²) in [4.78, 5) is 9.50. The standard InChI is InChI=1S/C23H32N4O/c1-14(2)18-9-10-19(26-18)16-7-5-11-24-21(16)22-17(8-6-12-25-22)23-27-20(13-28-23)15(3)4/h5-8,11-12,14-15,18-20,23,26-27H,9-10,13H2,1-4H3. The van der Waals surface area contributed by atoms with Gasteiger partial charge in [-0.1, -0.05) is 39.8 Å². The topological polar surface area (TPSA) is 59.1 Å².